The van der Waals surface area contributed by atoms with Crippen LogP contribution >= 0.6 is 11.8 Å². The van der Waals surface area contributed by atoms with Crippen molar-refractivity contribution in [2.45, 2.75) is 17.8 Å². The van der Waals surface area contributed by atoms with Gasteiger partial charge in [-0.25, -0.2) is 4.98 Å². The minimum Gasteiger partial charge on any atom is -0.495 e. The van der Waals surface area contributed by atoms with Crippen LogP contribution in [0.3, 0.4) is 0 Å². The Bertz CT molecular complexity index is 1160. The summed E-state index contributed by atoms with van der Waals surface area (Å²) in [6.07, 6.45) is 3.73. The third-order valence-electron chi connectivity index (χ3n) is 4.36. The van der Waals surface area contributed by atoms with E-state index in [0.717, 1.165) is 16.5 Å². The van der Waals surface area contributed by atoms with Crippen molar-refractivity contribution in [2.24, 2.45) is 0 Å². The molecule has 0 spiro atoms. The summed E-state index contributed by atoms with van der Waals surface area (Å²) in [4.78, 5) is 17.4. The Morgan fingerprint density at radius 3 is 2.70 bits per heavy atom. The topological polar surface area (TPSA) is 104 Å². The number of ether oxygens (including phenoxy) is 1. The van der Waals surface area contributed by atoms with Gasteiger partial charge in [-0.15, -0.1) is 0 Å². The van der Waals surface area contributed by atoms with Crippen molar-refractivity contribution in [3.05, 3.63) is 72.3 Å². The summed E-state index contributed by atoms with van der Waals surface area (Å²) in [7, 11) is 1.61. The Morgan fingerprint density at radius 2 is 1.87 bits per heavy atom. The molecule has 3 N–H and O–H groups in total. The highest BCUT2D eigenvalue weighted by Gasteiger charge is 2.12. The fourth-order valence-electron chi connectivity index (χ4n) is 2.97. The molecule has 30 heavy (non-hydrogen) atoms. The Labute approximate surface area is 178 Å². The Balaban J connectivity index is 1.53. The van der Waals surface area contributed by atoms with Gasteiger partial charge in [0.05, 0.1) is 24.2 Å². The van der Waals surface area contributed by atoms with Crippen LogP contribution < -0.4 is 15.8 Å². The van der Waals surface area contributed by atoms with Gasteiger partial charge in [0.25, 0.3) is 0 Å². The monoisotopic (exact) mass is 419 g/mol. The smallest absolute Gasteiger partial charge is 0.232 e. The third-order valence-corrected chi connectivity index (χ3v) is 5.33. The average Bonchev–Trinajstić information content (AvgIpc) is 3.21. The summed E-state index contributed by atoms with van der Waals surface area (Å²) >= 11 is 1.53. The van der Waals surface area contributed by atoms with E-state index in [1.165, 1.54) is 17.3 Å². The number of benzene rings is 2. The standard InChI is InChI=1S/C21H21N7OS/c1-14-7-3-5-9-16(14)28-12-11-23-21(28)30-13-18-25-19(22)27-20(26-18)24-15-8-4-6-10-17(15)29-2/h3-12H,13H2,1-2H3,(H3,22,24,25,26,27). The molecule has 0 fully saturated rings. The minimum atomic E-state index is 0.153. The summed E-state index contributed by atoms with van der Waals surface area (Å²) in [5, 5.41) is 3.99. The fraction of sp³-hybridized carbons (Fsp3) is 0.143. The zero-order valence-corrected chi connectivity index (χ0v) is 17.4. The van der Waals surface area contributed by atoms with Gasteiger partial charge in [-0.3, -0.25) is 4.57 Å². The highest BCUT2D eigenvalue weighted by molar-refractivity contribution is 7.98. The number of anilines is 3. The second-order valence-corrected chi connectivity index (χ2v) is 7.36. The number of nitrogen functional groups attached to an aromatic ring is 1. The van der Waals surface area contributed by atoms with Gasteiger partial charge in [0.15, 0.2) is 5.16 Å². The lowest BCUT2D eigenvalue weighted by Crippen LogP contribution is -2.07. The maximum absolute atomic E-state index is 5.91. The average molecular weight is 420 g/mol. The summed E-state index contributed by atoms with van der Waals surface area (Å²) in [5.74, 6) is 2.26. The highest BCUT2D eigenvalue weighted by Crippen LogP contribution is 2.27. The van der Waals surface area contributed by atoms with E-state index >= 15 is 0 Å². The molecule has 0 saturated heterocycles. The number of aromatic nitrogens is 5. The number of rotatable bonds is 7. The molecular weight excluding hydrogens is 398 g/mol. The second kappa shape index (κ2) is 8.83. The second-order valence-electron chi connectivity index (χ2n) is 6.41. The van der Waals surface area contributed by atoms with E-state index in [1.807, 2.05) is 42.6 Å². The molecule has 2 aromatic carbocycles. The maximum atomic E-state index is 5.91. The van der Waals surface area contributed by atoms with Crippen LogP contribution in [0.15, 0.2) is 66.1 Å². The van der Waals surface area contributed by atoms with Crippen LogP contribution in [0.5, 0.6) is 5.75 Å². The number of hydrogen-bond donors (Lipinski definition) is 2. The van der Waals surface area contributed by atoms with Crippen LogP contribution in [-0.2, 0) is 5.75 Å². The molecule has 4 aromatic rings. The molecule has 8 nitrogen and oxygen atoms in total. The van der Waals surface area contributed by atoms with E-state index < -0.39 is 0 Å². The van der Waals surface area contributed by atoms with Crippen LogP contribution in [0.25, 0.3) is 5.69 Å². The molecule has 0 saturated carbocycles. The predicted octanol–water partition coefficient (Wildman–Crippen LogP) is 3.99. The van der Waals surface area contributed by atoms with Crippen LogP contribution in [0.1, 0.15) is 11.4 Å². The third kappa shape index (κ3) is 4.36. The molecule has 0 atom stereocenters. The molecule has 0 unspecified atom stereocenters. The lowest BCUT2D eigenvalue weighted by atomic mass is 10.2. The molecule has 152 valence electrons. The number of para-hydroxylation sites is 3. The Kier molecular flexibility index (Phi) is 5.80. The molecule has 0 bridgehead atoms. The van der Waals surface area contributed by atoms with Crippen molar-refractivity contribution in [1.82, 2.24) is 24.5 Å². The van der Waals surface area contributed by atoms with Gasteiger partial charge in [0.1, 0.15) is 11.6 Å². The molecule has 2 heterocycles. The van der Waals surface area contributed by atoms with E-state index in [0.29, 0.717) is 23.3 Å². The summed E-state index contributed by atoms with van der Waals surface area (Å²) in [5.41, 5.74) is 8.92. The summed E-state index contributed by atoms with van der Waals surface area (Å²) in [6.45, 7) is 2.08. The number of methoxy groups -OCH3 is 1. The summed E-state index contributed by atoms with van der Waals surface area (Å²) in [6, 6.07) is 15.7. The molecule has 2 aromatic heterocycles. The highest BCUT2D eigenvalue weighted by atomic mass is 32.2. The molecule has 4 rings (SSSR count). The Hall–Kier alpha value is -3.59. The minimum absolute atomic E-state index is 0.153. The van der Waals surface area contributed by atoms with Crippen LogP contribution in [0.2, 0.25) is 0 Å². The van der Waals surface area contributed by atoms with Crippen molar-refractivity contribution >= 4 is 29.3 Å². The molecular formula is C21H21N7OS. The number of nitrogens with one attached hydrogen (secondary N) is 1. The van der Waals surface area contributed by atoms with E-state index in [4.69, 9.17) is 10.5 Å². The van der Waals surface area contributed by atoms with Gasteiger partial charge in [0.2, 0.25) is 11.9 Å². The van der Waals surface area contributed by atoms with Crippen LogP contribution in [-0.4, -0.2) is 31.6 Å². The number of imidazole rings is 1. The van der Waals surface area contributed by atoms with E-state index in [-0.39, 0.29) is 5.95 Å². The largest absolute Gasteiger partial charge is 0.495 e. The molecule has 0 aliphatic rings. The normalized spacial score (nSPS) is 10.7. The SMILES string of the molecule is COc1ccccc1Nc1nc(N)nc(CSc2nccn2-c2ccccc2C)n1. The van der Waals surface area contributed by atoms with Crippen LogP contribution in [0.4, 0.5) is 17.6 Å². The van der Waals surface area contributed by atoms with Gasteiger partial charge >= 0.3 is 0 Å². The van der Waals surface area contributed by atoms with Crippen molar-refractivity contribution in [3.63, 3.8) is 0 Å². The van der Waals surface area contributed by atoms with E-state index in [9.17, 15) is 0 Å². The number of hydrogen-bond acceptors (Lipinski definition) is 8. The molecule has 0 aliphatic heterocycles. The first-order valence-electron chi connectivity index (χ1n) is 9.26. The molecule has 9 heteroatoms. The number of nitrogens with two attached hydrogens (primary N) is 1. The quantitative estimate of drug-likeness (QED) is 0.433. The van der Waals surface area contributed by atoms with Crippen molar-refractivity contribution in [2.75, 3.05) is 18.2 Å². The zero-order chi connectivity index (χ0) is 20.9. The van der Waals surface area contributed by atoms with Crippen molar-refractivity contribution in [3.8, 4) is 11.4 Å². The maximum Gasteiger partial charge on any atom is 0.232 e. The first-order valence-corrected chi connectivity index (χ1v) is 10.2. The number of thioether (sulfide) groups is 1. The first kappa shape index (κ1) is 19.7. The fourth-order valence-corrected chi connectivity index (χ4v) is 3.79. The van der Waals surface area contributed by atoms with Gasteiger partial charge in [-0.05, 0) is 30.7 Å². The lowest BCUT2D eigenvalue weighted by molar-refractivity contribution is 0.417. The van der Waals surface area contributed by atoms with E-state index in [1.54, 1.807) is 13.3 Å². The van der Waals surface area contributed by atoms with Crippen LogP contribution in [0, 0.1) is 6.92 Å². The van der Waals surface area contributed by atoms with Gasteiger partial charge in [0, 0.05) is 12.4 Å². The molecule has 0 amide bonds. The number of aryl methyl sites for hydroxylation is 1. The van der Waals surface area contributed by atoms with Gasteiger partial charge < -0.3 is 15.8 Å². The van der Waals surface area contributed by atoms with Gasteiger partial charge in [-0.1, -0.05) is 42.1 Å². The Morgan fingerprint density at radius 1 is 1.07 bits per heavy atom. The molecule has 0 aliphatic carbocycles. The first-order chi connectivity index (χ1) is 14.6. The zero-order valence-electron chi connectivity index (χ0n) is 16.6. The summed E-state index contributed by atoms with van der Waals surface area (Å²) < 4.78 is 7.41. The van der Waals surface area contributed by atoms with Crippen molar-refractivity contribution < 1.29 is 4.74 Å². The predicted molar refractivity (Wildman–Crippen MR) is 118 cm³/mol. The van der Waals surface area contributed by atoms with Gasteiger partial charge in [-0.2, -0.15) is 15.0 Å². The molecule has 0 radical (unpaired) electrons. The van der Waals surface area contributed by atoms with Crippen molar-refractivity contribution in [1.29, 1.82) is 0 Å². The van der Waals surface area contributed by atoms with E-state index in [2.05, 4.69) is 48.9 Å². The lowest BCUT2D eigenvalue weighted by Gasteiger charge is -2.11. The number of nitrogens with zero attached hydrogens (tertiary/aromatic N) is 5.